The van der Waals surface area contributed by atoms with Crippen LogP contribution in [0.5, 0.6) is 11.5 Å². The van der Waals surface area contributed by atoms with Crippen LogP contribution in [0, 0.1) is 0 Å². The minimum absolute atomic E-state index is 0.158. The van der Waals surface area contributed by atoms with Crippen molar-refractivity contribution in [2.75, 3.05) is 20.3 Å². The van der Waals surface area contributed by atoms with Gasteiger partial charge < -0.3 is 14.8 Å². The smallest absolute Gasteiger partial charge is 0.161 e. The summed E-state index contributed by atoms with van der Waals surface area (Å²) in [6.45, 7) is 3.56. The molecule has 1 N–H and O–H groups in total. The van der Waals surface area contributed by atoms with Crippen LogP contribution in [0.3, 0.4) is 0 Å². The predicted molar refractivity (Wildman–Crippen MR) is 89.2 cm³/mol. The Kier molecular flexibility index (Phi) is 4.55. The molecule has 3 rings (SSSR count). The highest BCUT2D eigenvalue weighted by atomic mass is 35.5. The summed E-state index contributed by atoms with van der Waals surface area (Å²) >= 11 is 6.00. The number of fused-ring (bicyclic) bond motifs is 1. The molecule has 116 valence electrons. The van der Waals surface area contributed by atoms with Gasteiger partial charge in [0.2, 0.25) is 0 Å². The molecule has 0 fully saturated rings. The third-order valence-electron chi connectivity index (χ3n) is 3.98. The minimum Gasteiger partial charge on any atom is -0.493 e. The SMILES string of the molecule is CCOc1cc2c(cc1OC)[C@H](c1ccc(Cl)cc1)NCC2. The maximum Gasteiger partial charge on any atom is 0.161 e. The molecular weight excluding hydrogens is 298 g/mol. The van der Waals surface area contributed by atoms with Crippen molar-refractivity contribution in [3.8, 4) is 11.5 Å². The van der Waals surface area contributed by atoms with Crippen LogP contribution in [0.15, 0.2) is 36.4 Å². The topological polar surface area (TPSA) is 30.5 Å². The zero-order valence-electron chi connectivity index (χ0n) is 12.9. The van der Waals surface area contributed by atoms with Gasteiger partial charge in [-0.3, -0.25) is 0 Å². The highest BCUT2D eigenvalue weighted by Gasteiger charge is 2.23. The van der Waals surface area contributed by atoms with Crippen molar-refractivity contribution in [1.82, 2.24) is 5.32 Å². The lowest BCUT2D eigenvalue weighted by Gasteiger charge is -2.28. The van der Waals surface area contributed by atoms with E-state index in [0.29, 0.717) is 6.61 Å². The zero-order valence-corrected chi connectivity index (χ0v) is 13.6. The van der Waals surface area contributed by atoms with E-state index in [1.54, 1.807) is 7.11 Å². The standard InChI is InChI=1S/C18H20ClNO2/c1-3-22-17-10-13-8-9-20-18(15(13)11-16(17)21-2)12-4-6-14(19)7-5-12/h4-7,10-11,18,20H,3,8-9H2,1-2H3/t18-/m0/s1. The fourth-order valence-corrected chi connectivity index (χ4v) is 3.07. The number of benzene rings is 2. The van der Waals surface area contributed by atoms with E-state index in [1.807, 2.05) is 19.1 Å². The van der Waals surface area contributed by atoms with E-state index in [2.05, 4.69) is 29.6 Å². The maximum absolute atomic E-state index is 6.00. The Bertz CT molecular complexity index is 655. The number of halogens is 1. The molecule has 1 aliphatic rings. The molecule has 0 bridgehead atoms. The molecular formula is C18H20ClNO2. The fraction of sp³-hybridized carbons (Fsp3) is 0.333. The van der Waals surface area contributed by atoms with Gasteiger partial charge in [-0.1, -0.05) is 23.7 Å². The van der Waals surface area contributed by atoms with Crippen LogP contribution in [0.25, 0.3) is 0 Å². The van der Waals surface area contributed by atoms with E-state index in [9.17, 15) is 0 Å². The summed E-state index contributed by atoms with van der Waals surface area (Å²) in [5.74, 6) is 1.60. The first-order valence-corrected chi connectivity index (χ1v) is 7.93. The van der Waals surface area contributed by atoms with Gasteiger partial charge in [0.05, 0.1) is 19.8 Å². The van der Waals surface area contributed by atoms with Crippen molar-refractivity contribution >= 4 is 11.6 Å². The van der Waals surface area contributed by atoms with E-state index in [-0.39, 0.29) is 6.04 Å². The molecule has 2 aromatic carbocycles. The lowest BCUT2D eigenvalue weighted by Crippen LogP contribution is -2.30. The van der Waals surface area contributed by atoms with Gasteiger partial charge in [-0.15, -0.1) is 0 Å². The van der Waals surface area contributed by atoms with Crippen LogP contribution in [0.2, 0.25) is 5.02 Å². The largest absolute Gasteiger partial charge is 0.493 e. The lowest BCUT2D eigenvalue weighted by molar-refractivity contribution is 0.309. The van der Waals surface area contributed by atoms with Gasteiger partial charge in [0, 0.05) is 11.6 Å². The molecule has 1 heterocycles. The van der Waals surface area contributed by atoms with Crippen molar-refractivity contribution in [2.24, 2.45) is 0 Å². The van der Waals surface area contributed by atoms with Crippen LogP contribution in [-0.2, 0) is 6.42 Å². The van der Waals surface area contributed by atoms with Crippen molar-refractivity contribution in [3.05, 3.63) is 58.1 Å². The first-order valence-electron chi connectivity index (χ1n) is 7.55. The molecule has 0 saturated carbocycles. The molecule has 0 unspecified atom stereocenters. The van der Waals surface area contributed by atoms with E-state index in [1.165, 1.54) is 16.7 Å². The van der Waals surface area contributed by atoms with Crippen LogP contribution < -0.4 is 14.8 Å². The van der Waals surface area contributed by atoms with Crippen molar-refractivity contribution in [1.29, 1.82) is 0 Å². The average Bonchev–Trinajstić information content (AvgIpc) is 2.55. The fourth-order valence-electron chi connectivity index (χ4n) is 2.94. The maximum atomic E-state index is 6.00. The van der Waals surface area contributed by atoms with Crippen LogP contribution in [-0.4, -0.2) is 20.3 Å². The van der Waals surface area contributed by atoms with Crippen molar-refractivity contribution < 1.29 is 9.47 Å². The van der Waals surface area contributed by atoms with E-state index in [0.717, 1.165) is 29.5 Å². The Balaban J connectivity index is 2.03. The number of hydrogen-bond acceptors (Lipinski definition) is 3. The van der Waals surface area contributed by atoms with Crippen LogP contribution in [0.1, 0.15) is 29.7 Å². The molecule has 0 saturated heterocycles. The van der Waals surface area contributed by atoms with Crippen molar-refractivity contribution in [3.63, 3.8) is 0 Å². The summed E-state index contributed by atoms with van der Waals surface area (Å²) in [5.41, 5.74) is 3.76. The third kappa shape index (κ3) is 2.92. The normalized spacial score (nSPS) is 17.0. The van der Waals surface area contributed by atoms with E-state index >= 15 is 0 Å². The molecule has 22 heavy (non-hydrogen) atoms. The summed E-state index contributed by atoms with van der Waals surface area (Å²) in [6.07, 6.45) is 0.990. The molecule has 2 aromatic rings. The summed E-state index contributed by atoms with van der Waals surface area (Å²) in [5, 5.41) is 4.33. The third-order valence-corrected chi connectivity index (χ3v) is 4.23. The first kappa shape index (κ1) is 15.2. The summed E-state index contributed by atoms with van der Waals surface area (Å²) in [6, 6.07) is 12.4. The molecule has 0 aromatic heterocycles. The highest BCUT2D eigenvalue weighted by molar-refractivity contribution is 6.30. The summed E-state index contributed by atoms with van der Waals surface area (Å²) in [7, 11) is 1.68. The number of nitrogens with one attached hydrogen (secondary N) is 1. The number of methoxy groups -OCH3 is 1. The Morgan fingerprint density at radius 1 is 1.18 bits per heavy atom. The van der Waals surface area contributed by atoms with Crippen LogP contribution >= 0.6 is 11.6 Å². The Morgan fingerprint density at radius 2 is 1.95 bits per heavy atom. The zero-order chi connectivity index (χ0) is 15.5. The second kappa shape index (κ2) is 6.59. The number of hydrogen-bond donors (Lipinski definition) is 1. The summed E-state index contributed by atoms with van der Waals surface area (Å²) in [4.78, 5) is 0. The van der Waals surface area contributed by atoms with Gasteiger partial charge in [0.25, 0.3) is 0 Å². The quantitative estimate of drug-likeness (QED) is 0.925. The first-order chi connectivity index (χ1) is 10.7. The average molecular weight is 318 g/mol. The molecule has 0 radical (unpaired) electrons. The lowest BCUT2D eigenvalue weighted by atomic mass is 9.89. The van der Waals surface area contributed by atoms with E-state index < -0.39 is 0 Å². The van der Waals surface area contributed by atoms with E-state index in [4.69, 9.17) is 21.1 Å². The monoisotopic (exact) mass is 317 g/mol. The second-order valence-corrected chi connectivity index (χ2v) is 5.76. The van der Waals surface area contributed by atoms with Gasteiger partial charge in [-0.25, -0.2) is 0 Å². The molecule has 0 amide bonds. The Morgan fingerprint density at radius 3 is 2.64 bits per heavy atom. The molecule has 0 spiro atoms. The van der Waals surface area contributed by atoms with Crippen LogP contribution in [0.4, 0.5) is 0 Å². The molecule has 1 atom stereocenters. The van der Waals surface area contributed by atoms with Gasteiger partial charge in [-0.05, 0) is 54.3 Å². The molecule has 3 nitrogen and oxygen atoms in total. The Hall–Kier alpha value is -1.71. The number of ether oxygens (including phenoxy) is 2. The minimum atomic E-state index is 0.158. The second-order valence-electron chi connectivity index (χ2n) is 5.32. The van der Waals surface area contributed by atoms with Gasteiger partial charge >= 0.3 is 0 Å². The predicted octanol–water partition coefficient (Wildman–Crippen LogP) is 3.98. The molecule has 4 heteroatoms. The summed E-state index contributed by atoms with van der Waals surface area (Å²) < 4.78 is 11.2. The van der Waals surface area contributed by atoms with Gasteiger partial charge in [0.1, 0.15) is 0 Å². The van der Waals surface area contributed by atoms with Gasteiger partial charge in [0.15, 0.2) is 11.5 Å². The highest BCUT2D eigenvalue weighted by Crippen LogP contribution is 2.37. The van der Waals surface area contributed by atoms with Crippen molar-refractivity contribution in [2.45, 2.75) is 19.4 Å². The Labute approximate surface area is 136 Å². The molecule has 1 aliphatic heterocycles. The molecule has 0 aliphatic carbocycles. The number of rotatable bonds is 4. The van der Waals surface area contributed by atoms with Gasteiger partial charge in [-0.2, -0.15) is 0 Å².